The number of rotatable bonds is 4. The predicted molar refractivity (Wildman–Crippen MR) is 65.5 cm³/mol. The molecule has 1 aromatic heterocycles. The van der Waals surface area contributed by atoms with Gasteiger partial charge in [-0.25, -0.2) is 4.98 Å². The van der Waals surface area contributed by atoms with Gasteiger partial charge in [-0.2, -0.15) is 0 Å². The van der Waals surface area contributed by atoms with Crippen LogP contribution < -0.4 is 10.5 Å². The third kappa shape index (κ3) is 2.81. The zero-order chi connectivity index (χ0) is 11.4. The highest BCUT2D eigenvalue weighted by Crippen LogP contribution is 2.18. The standard InChI is InChI=1S/C12H14N2OS/c1-9(13)10-3-2-4-12(5-10)15-6-11-7-16-8-14-11/h2-5,7-9H,6,13H2,1H3/t9-/m0/s1. The molecule has 0 spiro atoms. The summed E-state index contributed by atoms with van der Waals surface area (Å²) in [5.74, 6) is 0.836. The Kier molecular flexibility index (Phi) is 3.54. The fraction of sp³-hybridized carbons (Fsp3) is 0.250. The summed E-state index contributed by atoms with van der Waals surface area (Å²) in [7, 11) is 0. The van der Waals surface area contributed by atoms with E-state index in [0.717, 1.165) is 17.0 Å². The van der Waals surface area contributed by atoms with Gasteiger partial charge in [0, 0.05) is 11.4 Å². The minimum atomic E-state index is 0.0304. The van der Waals surface area contributed by atoms with Gasteiger partial charge in [-0.15, -0.1) is 11.3 Å². The highest BCUT2D eigenvalue weighted by Gasteiger charge is 2.02. The van der Waals surface area contributed by atoms with Crippen molar-refractivity contribution in [3.8, 4) is 5.75 Å². The zero-order valence-corrected chi connectivity index (χ0v) is 9.91. The van der Waals surface area contributed by atoms with E-state index in [1.54, 1.807) is 16.8 Å². The Balaban J connectivity index is 2.01. The molecule has 1 aromatic carbocycles. The lowest BCUT2D eigenvalue weighted by molar-refractivity contribution is 0.301. The van der Waals surface area contributed by atoms with Gasteiger partial charge in [-0.1, -0.05) is 12.1 Å². The third-order valence-corrected chi connectivity index (χ3v) is 2.89. The molecule has 0 radical (unpaired) electrons. The predicted octanol–water partition coefficient (Wildman–Crippen LogP) is 2.74. The van der Waals surface area contributed by atoms with Gasteiger partial charge in [-0.05, 0) is 24.6 Å². The summed E-state index contributed by atoms with van der Waals surface area (Å²) in [6, 6.07) is 7.88. The summed E-state index contributed by atoms with van der Waals surface area (Å²) in [6.07, 6.45) is 0. The quantitative estimate of drug-likeness (QED) is 0.884. The monoisotopic (exact) mass is 234 g/mol. The van der Waals surface area contributed by atoms with Crippen LogP contribution in [0.5, 0.6) is 5.75 Å². The molecule has 1 atom stereocenters. The van der Waals surface area contributed by atoms with Gasteiger partial charge in [0.15, 0.2) is 0 Å². The van der Waals surface area contributed by atoms with Crippen LogP contribution in [0.3, 0.4) is 0 Å². The molecule has 2 aromatic rings. The Labute approximate surface area is 98.9 Å². The van der Waals surface area contributed by atoms with Crippen LogP contribution in [0.4, 0.5) is 0 Å². The summed E-state index contributed by atoms with van der Waals surface area (Å²) in [6.45, 7) is 2.46. The lowest BCUT2D eigenvalue weighted by Crippen LogP contribution is -2.05. The van der Waals surface area contributed by atoms with Gasteiger partial charge in [0.05, 0.1) is 11.2 Å². The van der Waals surface area contributed by atoms with Crippen molar-refractivity contribution in [2.75, 3.05) is 0 Å². The normalized spacial score (nSPS) is 12.4. The second-order valence-corrected chi connectivity index (χ2v) is 4.35. The van der Waals surface area contributed by atoms with Gasteiger partial charge in [0.1, 0.15) is 12.4 Å². The summed E-state index contributed by atoms with van der Waals surface area (Å²) in [4.78, 5) is 4.16. The maximum Gasteiger partial charge on any atom is 0.131 e. The van der Waals surface area contributed by atoms with Crippen LogP contribution in [0.1, 0.15) is 24.2 Å². The number of hydrogen-bond donors (Lipinski definition) is 1. The highest BCUT2D eigenvalue weighted by atomic mass is 32.1. The van der Waals surface area contributed by atoms with Gasteiger partial charge in [-0.3, -0.25) is 0 Å². The number of hydrogen-bond acceptors (Lipinski definition) is 4. The maximum absolute atomic E-state index is 5.81. The molecule has 0 amide bonds. The molecule has 0 aliphatic carbocycles. The molecule has 0 unspecified atom stereocenters. The van der Waals surface area contributed by atoms with Crippen molar-refractivity contribution in [3.63, 3.8) is 0 Å². The van der Waals surface area contributed by atoms with Crippen molar-refractivity contribution in [1.82, 2.24) is 4.98 Å². The minimum absolute atomic E-state index is 0.0304. The van der Waals surface area contributed by atoms with E-state index in [2.05, 4.69) is 4.98 Å². The molecule has 4 heteroatoms. The lowest BCUT2D eigenvalue weighted by atomic mass is 10.1. The molecular formula is C12H14N2OS. The Hall–Kier alpha value is -1.39. The van der Waals surface area contributed by atoms with E-state index in [9.17, 15) is 0 Å². The van der Waals surface area contributed by atoms with E-state index in [1.165, 1.54) is 0 Å². The van der Waals surface area contributed by atoms with E-state index in [4.69, 9.17) is 10.5 Å². The smallest absolute Gasteiger partial charge is 0.131 e. The van der Waals surface area contributed by atoms with Gasteiger partial charge in [0.2, 0.25) is 0 Å². The average molecular weight is 234 g/mol. The Morgan fingerprint density at radius 3 is 3.06 bits per heavy atom. The van der Waals surface area contributed by atoms with E-state index >= 15 is 0 Å². The van der Waals surface area contributed by atoms with Crippen molar-refractivity contribution < 1.29 is 4.74 Å². The largest absolute Gasteiger partial charge is 0.487 e. The molecule has 2 N–H and O–H groups in total. The number of thiazole rings is 1. The van der Waals surface area contributed by atoms with Crippen molar-refractivity contribution >= 4 is 11.3 Å². The van der Waals surface area contributed by atoms with Crippen LogP contribution in [-0.2, 0) is 6.61 Å². The third-order valence-electron chi connectivity index (χ3n) is 2.25. The molecule has 0 bridgehead atoms. The molecule has 0 aliphatic heterocycles. The van der Waals surface area contributed by atoms with Crippen molar-refractivity contribution in [2.24, 2.45) is 5.73 Å². The first-order valence-electron chi connectivity index (χ1n) is 5.11. The minimum Gasteiger partial charge on any atom is -0.487 e. The molecular weight excluding hydrogens is 220 g/mol. The van der Waals surface area contributed by atoms with Crippen LogP contribution in [-0.4, -0.2) is 4.98 Å². The fourth-order valence-electron chi connectivity index (χ4n) is 1.35. The number of ether oxygens (including phenoxy) is 1. The average Bonchev–Trinajstić information content (AvgIpc) is 2.79. The Morgan fingerprint density at radius 1 is 1.50 bits per heavy atom. The molecule has 0 aliphatic rings. The van der Waals surface area contributed by atoms with E-state index in [-0.39, 0.29) is 6.04 Å². The molecule has 0 saturated carbocycles. The molecule has 0 saturated heterocycles. The lowest BCUT2D eigenvalue weighted by Gasteiger charge is -2.09. The summed E-state index contributed by atoms with van der Waals surface area (Å²) in [5.41, 5.74) is 9.64. The number of nitrogens with two attached hydrogens (primary N) is 1. The van der Waals surface area contributed by atoms with Crippen molar-refractivity contribution in [2.45, 2.75) is 19.6 Å². The van der Waals surface area contributed by atoms with Crippen LogP contribution in [0.25, 0.3) is 0 Å². The van der Waals surface area contributed by atoms with E-state index < -0.39 is 0 Å². The maximum atomic E-state index is 5.81. The molecule has 2 rings (SSSR count). The van der Waals surface area contributed by atoms with Crippen LogP contribution in [0.2, 0.25) is 0 Å². The number of benzene rings is 1. The van der Waals surface area contributed by atoms with E-state index in [0.29, 0.717) is 6.61 Å². The Morgan fingerprint density at radius 2 is 2.38 bits per heavy atom. The second kappa shape index (κ2) is 5.09. The van der Waals surface area contributed by atoms with Gasteiger partial charge >= 0.3 is 0 Å². The van der Waals surface area contributed by atoms with E-state index in [1.807, 2.05) is 36.6 Å². The van der Waals surface area contributed by atoms with Crippen LogP contribution >= 0.6 is 11.3 Å². The molecule has 1 heterocycles. The zero-order valence-electron chi connectivity index (χ0n) is 9.09. The van der Waals surface area contributed by atoms with Gasteiger partial charge in [0.25, 0.3) is 0 Å². The van der Waals surface area contributed by atoms with Crippen LogP contribution in [0, 0.1) is 0 Å². The summed E-state index contributed by atoms with van der Waals surface area (Å²) < 4.78 is 5.63. The van der Waals surface area contributed by atoms with Crippen molar-refractivity contribution in [1.29, 1.82) is 0 Å². The summed E-state index contributed by atoms with van der Waals surface area (Å²) in [5, 5.41) is 1.98. The highest BCUT2D eigenvalue weighted by molar-refractivity contribution is 7.07. The topological polar surface area (TPSA) is 48.1 Å². The number of nitrogens with zero attached hydrogens (tertiary/aromatic N) is 1. The summed E-state index contributed by atoms with van der Waals surface area (Å²) >= 11 is 1.57. The fourth-order valence-corrected chi connectivity index (χ4v) is 1.90. The Bertz CT molecular complexity index is 440. The molecule has 84 valence electrons. The first-order chi connectivity index (χ1) is 7.75. The number of aromatic nitrogens is 1. The SMILES string of the molecule is C[C@H](N)c1cccc(OCc2cscn2)c1. The molecule has 0 fully saturated rings. The molecule has 16 heavy (non-hydrogen) atoms. The van der Waals surface area contributed by atoms with Crippen molar-refractivity contribution in [3.05, 3.63) is 46.4 Å². The van der Waals surface area contributed by atoms with Crippen LogP contribution in [0.15, 0.2) is 35.2 Å². The first-order valence-corrected chi connectivity index (χ1v) is 6.05. The van der Waals surface area contributed by atoms with Gasteiger partial charge < -0.3 is 10.5 Å². The molecule has 3 nitrogen and oxygen atoms in total. The first kappa shape index (κ1) is 11.1. The second-order valence-electron chi connectivity index (χ2n) is 3.63.